The molecular formula is C20H16BrF2NO2. The Hall–Kier alpha value is -2.47. The Morgan fingerprint density at radius 1 is 1.04 bits per heavy atom. The Balaban J connectivity index is 2.42. The summed E-state index contributed by atoms with van der Waals surface area (Å²) in [5.74, 6) is -0.765. The van der Waals surface area contributed by atoms with Crippen LogP contribution in [0.1, 0.15) is 5.56 Å². The summed E-state index contributed by atoms with van der Waals surface area (Å²) in [7, 11) is 3.19. The first-order valence-corrected chi connectivity index (χ1v) is 8.62. The van der Waals surface area contributed by atoms with Crippen LogP contribution >= 0.6 is 15.9 Å². The van der Waals surface area contributed by atoms with E-state index in [1.807, 2.05) is 6.07 Å². The Morgan fingerprint density at radius 2 is 1.77 bits per heavy atom. The van der Waals surface area contributed by atoms with Crippen LogP contribution in [0.5, 0.6) is 5.75 Å². The molecule has 0 aliphatic rings. The summed E-state index contributed by atoms with van der Waals surface area (Å²) in [6, 6.07) is 8.76. The summed E-state index contributed by atoms with van der Waals surface area (Å²) in [5, 5.41) is 0. The van der Waals surface area contributed by atoms with E-state index >= 15 is 0 Å². The summed E-state index contributed by atoms with van der Waals surface area (Å²) in [6.07, 6.45) is 1.65. The van der Waals surface area contributed by atoms with Crippen molar-refractivity contribution in [1.29, 1.82) is 0 Å². The van der Waals surface area contributed by atoms with Crippen LogP contribution in [-0.2, 0) is 7.05 Å². The summed E-state index contributed by atoms with van der Waals surface area (Å²) < 4.78 is 35.4. The fourth-order valence-electron chi connectivity index (χ4n) is 2.97. The van der Waals surface area contributed by atoms with Gasteiger partial charge < -0.3 is 9.30 Å². The number of methoxy groups -OCH3 is 1. The number of aryl methyl sites for hydroxylation is 1. The van der Waals surface area contributed by atoms with E-state index in [1.54, 1.807) is 39.4 Å². The Morgan fingerprint density at radius 3 is 2.42 bits per heavy atom. The number of hydrogen-bond donors (Lipinski definition) is 0. The highest BCUT2D eigenvalue weighted by Gasteiger charge is 2.20. The molecule has 2 aromatic carbocycles. The molecule has 0 bridgehead atoms. The lowest BCUT2D eigenvalue weighted by Crippen LogP contribution is -2.20. The standard InChI is InChI=1S/C20H16BrF2NO2/c1-11-19(14-6-4-12(22)8-18(14)23)16(10-24(2)20(11)25)15-9-13(26-3)5-7-17(15)21/h4-10H,1-3H3. The second-order valence-corrected chi connectivity index (χ2v) is 6.78. The van der Waals surface area contributed by atoms with Gasteiger partial charge in [0.2, 0.25) is 0 Å². The number of benzene rings is 2. The van der Waals surface area contributed by atoms with E-state index in [0.717, 1.165) is 16.1 Å². The van der Waals surface area contributed by atoms with Crippen LogP contribution in [0.25, 0.3) is 22.3 Å². The highest BCUT2D eigenvalue weighted by atomic mass is 79.9. The predicted molar refractivity (Wildman–Crippen MR) is 101 cm³/mol. The summed E-state index contributed by atoms with van der Waals surface area (Å²) >= 11 is 3.50. The first-order valence-electron chi connectivity index (χ1n) is 7.83. The molecule has 0 amide bonds. The molecule has 0 saturated carbocycles. The number of rotatable bonds is 3. The molecule has 6 heteroatoms. The molecule has 0 radical (unpaired) electrons. The van der Waals surface area contributed by atoms with Gasteiger partial charge in [-0.3, -0.25) is 4.79 Å². The molecule has 26 heavy (non-hydrogen) atoms. The van der Waals surface area contributed by atoms with E-state index in [0.29, 0.717) is 22.4 Å². The molecule has 0 unspecified atom stereocenters. The third-order valence-electron chi connectivity index (χ3n) is 4.27. The number of aromatic nitrogens is 1. The average molecular weight is 420 g/mol. The number of hydrogen-bond acceptors (Lipinski definition) is 2. The molecule has 134 valence electrons. The fraction of sp³-hybridized carbons (Fsp3) is 0.150. The van der Waals surface area contributed by atoms with Gasteiger partial charge in [-0.15, -0.1) is 0 Å². The van der Waals surface area contributed by atoms with E-state index in [9.17, 15) is 13.6 Å². The lowest BCUT2D eigenvalue weighted by atomic mass is 9.92. The van der Waals surface area contributed by atoms with Crippen molar-refractivity contribution in [2.45, 2.75) is 6.92 Å². The van der Waals surface area contributed by atoms with Crippen LogP contribution in [-0.4, -0.2) is 11.7 Å². The van der Waals surface area contributed by atoms with Gasteiger partial charge in [0.25, 0.3) is 5.56 Å². The van der Waals surface area contributed by atoms with Crippen molar-refractivity contribution in [2.24, 2.45) is 7.05 Å². The highest BCUT2D eigenvalue weighted by molar-refractivity contribution is 9.10. The van der Waals surface area contributed by atoms with Gasteiger partial charge >= 0.3 is 0 Å². The van der Waals surface area contributed by atoms with Gasteiger partial charge in [0.05, 0.1) is 7.11 Å². The molecule has 1 aromatic heterocycles. The lowest BCUT2D eigenvalue weighted by molar-refractivity contribution is 0.415. The predicted octanol–water partition coefficient (Wildman–Crippen LogP) is 5.08. The van der Waals surface area contributed by atoms with Crippen molar-refractivity contribution < 1.29 is 13.5 Å². The van der Waals surface area contributed by atoms with Crippen LogP contribution in [0.3, 0.4) is 0 Å². The molecule has 0 atom stereocenters. The largest absolute Gasteiger partial charge is 0.497 e. The number of halogens is 3. The van der Waals surface area contributed by atoms with E-state index in [4.69, 9.17) is 4.74 Å². The minimum Gasteiger partial charge on any atom is -0.497 e. The topological polar surface area (TPSA) is 31.2 Å². The molecule has 0 saturated heterocycles. The molecule has 0 spiro atoms. The number of nitrogens with zero attached hydrogens (tertiary/aromatic N) is 1. The van der Waals surface area contributed by atoms with Crippen molar-refractivity contribution >= 4 is 15.9 Å². The van der Waals surface area contributed by atoms with Gasteiger partial charge in [-0.2, -0.15) is 0 Å². The van der Waals surface area contributed by atoms with E-state index in [2.05, 4.69) is 15.9 Å². The van der Waals surface area contributed by atoms with Crippen molar-refractivity contribution in [3.8, 4) is 28.0 Å². The number of ether oxygens (including phenoxy) is 1. The quantitative estimate of drug-likeness (QED) is 0.592. The van der Waals surface area contributed by atoms with Gasteiger partial charge in [-0.05, 0) is 37.3 Å². The van der Waals surface area contributed by atoms with Crippen molar-refractivity contribution in [2.75, 3.05) is 7.11 Å². The molecule has 0 N–H and O–H groups in total. The summed E-state index contributed by atoms with van der Waals surface area (Å²) in [5.41, 5.74) is 2.12. The second-order valence-electron chi connectivity index (χ2n) is 5.93. The summed E-state index contributed by atoms with van der Waals surface area (Å²) in [4.78, 5) is 12.5. The Labute approximate surface area is 158 Å². The minimum atomic E-state index is -0.721. The first-order chi connectivity index (χ1) is 12.3. The maximum absolute atomic E-state index is 14.5. The normalized spacial score (nSPS) is 10.8. The molecule has 3 aromatic rings. The maximum Gasteiger partial charge on any atom is 0.253 e. The molecular weight excluding hydrogens is 404 g/mol. The molecule has 0 aliphatic heterocycles. The second kappa shape index (κ2) is 7.03. The fourth-order valence-corrected chi connectivity index (χ4v) is 3.43. The zero-order valence-electron chi connectivity index (χ0n) is 14.4. The molecule has 0 aliphatic carbocycles. The summed E-state index contributed by atoms with van der Waals surface area (Å²) in [6.45, 7) is 1.64. The van der Waals surface area contributed by atoms with Crippen molar-refractivity contribution in [3.05, 3.63) is 74.6 Å². The van der Waals surface area contributed by atoms with Crippen molar-refractivity contribution in [3.63, 3.8) is 0 Å². The third-order valence-corrected chi connectivity index (χ3v) is 4.96. The van der Waals surface area contributed by atoms with Gasteiger partial charge in [0.15, 0.2) is 0 Å². The van der Waals surface area contributed by atoms with Gasteiger partial charge in [0, 0.05) is 51.6 Å². The monoisotopic (exact) mass is 419 g/mol. The van der Waals surface area contributed by atoms with Gasteiger partial charge in [0.1, 0.15) is 17.4 Å². The zero-order valence-corrected chi connectivity index (χ0v) is 16.0. The van der Waals surface area contributed by atoms with Gasteiger partial charge in [-0.1, -0.05) is 15.9 Å². The van der Waals surface area contributed by atoms with E-state index in [1.165, 1.54) is 16.7 Å². The maximum atomic E-state index is 14.5. The van der Waals surface area contributed by atoms with Crippen LogP contribution in [0, 0.1) is 18.6 Å². The first kappa shape index (κ1) is 18.3. The van der Waals surface area contributed by atoms with Crippen LogP contribution in [0.4, 0.5) is 8.78 Å². The smallest absolute Gasteiger partial charge is 0.253 e. The molecule has 0 fully saturated rings. The Bertz CT molecular complexity index is 1060. The van der Waals surface area contributed by atoms with Crippen molar-refractivity contribution in [1.82, 2.24) is 4.57 Å². The minimum absolute atomic E-state index is 0.173. The number of pyridine rings is 1. The van der Waals surface area contributed by atoms with Gasteiger partial charge in [-0.25, -0.2) is 8.78 Å². The van der Waals surface area contributed by atoms with Crippen LogP contribution in [0.2, 0.25) is 0 Å². The highest BCUT2D eigenvalue weighted by Crippen LogP contribution is 2.39. The van der Waals surface area contributed by atoms with Crippen LogP contribution in [0.15, 0.2) is 51.9 Å². The zero-order chi connectivity index (χ0) is 19.0. The lowest BCUT2D eigenvalue weighted by Gasteiger charge is -2.17. The molecule has 3 rings (SSSR count). The van der Waals surface area contributed by atoms with Crippen LogP contribution < -0.4 is 10.3 Å². The molecule has 1 heterocycles. The van der Waals surface area contributed by atoms with E-state index < -0.39 is 11.6 Å². The van der Waals surface area contributed by atoms with E-state index in [-0.39, 0.29) is 11.1 Å². The average Bonchev–Trinajstić information content (AvgIpc) is 2.61. The molecule has 3 nitrogen and oxygen atoms in total. The Kier molecular flexibility index (Phi) is 4.96. The SMILES string of the molecule is COc1ccc(Br)c(-c2cn(C)c(=O)c(C)c2-c2ccc(F)cc2F)c1. The third kappa shape index (κ3) is 3.17.